The largest absolute Gasteiger partial charge is 0.418 e. The van der Waals surface area contributed by atoms with Crippen molar-refractivity contribution in [1.29, 1.82) is 0 Å². The number of carbonyl (C=O) groups excluding carboxylic acids is 1. The normalized spacial score (nSPS) is 15.5. The van der Waals surface area contributed by atoms with E-state index in [-0.39, 0.29) is 17.2 Å². The molecule has 3 nitrogen and oxygen atoms in total. The number of nitrogens with one attached hydrogen (secondary N) is 1. The Kier molecular flexibility index (Phi) is 4.20. The van der Waals surface area contributed by atoms with E-state index in [0.29, 0.717) is 19.6 Å². The molecule has 0 bridgehead atoms. The summed E-state index contributed by atoms with van der Waals surface area (Å²) in [4.78, 5) is 13.7. The lowest BCUT2D eigenvalue weighted by Crippen LogP contribution is -2.28. The molecule has 0 atom stereocenters. The first-order valence-electron chi connectivity index (χ1n) is 6.68. The second-order valence-electron chi connectivity index (χ2n) is 4.79. The van der Waals surface area contributed by atoms with Gasteiger partial charge in [0.05, 0.1) is 5.56 Å². The number of hydrogen-bond acceptors (Lipinski definition) is 2. The van der Waals surface area contributed by atoms with Crippen molar-refractivity contribution in [1.82, 2.24) is 4.90 Å². The lowest BCUT2D eigenvalue weighted by molar-refractivity contribution is -0.137. The summed E-state index contributed by atoms with van der Waals surface area (Å²) in [5, 5.41) is 2.67. The monoisotopic (exact) mass is 286 g/mol. The third-order valence-corrected chi connectivity index (χ3v) is 3.33. The Morgan fingerprint density at radius 1 is 1.30 bits per heavy atom. The zero-order chi connectivity index (χ0) is 14.8. The van der Waals surface area contributed by atoms with Crippen molar-refractivity contribution in [3.05, 3.63) is 29.3 Å². The lowest BCUT2D eigenvalue weighted by Gasteiger charge is -2.18. The van der Waals surface area contributed by atoms with Crippen LogP contribution < -0.4 is 5.32 Å². The molecule has 1 aromatic carbocycles. The number of anilines is 1. The molecule has 0 saturated carbocycles. The molecule has 6 heteroatoms. The maximum atomic E-state index is 13.0. The van der Waals surface area contributed by atoms with E-state index in [1.807, 2.05) is 0 Å². The van der Waals surface area contributed by atoms with Gasteiger partial charge in [0.1, 0.15) is 0 Å². The smallest absolute Gasteiger partial charge is 0.385 e. The van der Waals surface area contributed by atoms with Crippen LogP contribution in [0.1, 0.15) is 35.7 Å². The summed E-state index contributed by atoms with van der Waals surface area (Å²) in [5.41, 5.74) is -0.678. The van der Waals surface area contributed by atoms with Crippen LogP contribution in [0.15, 0.2) is 18.2 Å². The van der Waals surface area contributed by atoms with E-state index in [1.54, 1.807) is 11.8 Å². The molecule has 1 amide bonds. The summed E-state index contributed by atoms with van der Waals surface area (Å²) in [5.74, 6) is -0.323. The Labute approximate surface area is 115 Å². The van der Waals surface area contributed by atoms with E-state index in [1.165, 1.54) is 12.1 Å². The third kappa shape index (κ3) is 3.05. The number of amides is 1. The van der Waals surface area contributed by atoms with Gasteiger partial charge in [0.2, 0.25) is 0 Å². The summed E-state index contributed by atoms with van der Waals surface area (Å²) in [7, 11) is 0. The van der Waals surface area contributed by atoms with Crippen LogP contribution in [0, 0.1) is 0 Å². The van der Waals surface area contributed by atoms with Crippen LogP contribution in [0.5, 0.6) is 0 Å². The van der Waals surface area contributed by atoms with E-state index in [0.717, 1.165) is 18.9 Å². The van der Waals surface area contributed by atoms with Gasteiger partial charge in [0, 0.05) is 30.9 Å². The minimum atomic E-state index is -4.47. The fourth-order valence-corrected chi connectivity index (χ4v) is 2.36. The van der Waals surface area contributed by atoms with Crippen molar-refractivity contribution in [3.63, 3.8) is 0 Å². The van der Waals surface area contributed by atoms with Crippen molar-refractivity contribution in [2.24, 2.45) is 0 Å². The predicted octanol–water partition coefficient (Wildman–Crippen LogP) is 3.37. The van der Waals surface area contributed by atoms with Gasteiger partial charge in [-0.25, -0.2) is 0 Å². The third-order valence-electron chi connectivity index (χ3n) is 3.33. The Balaban J connectivity index is 2.33. The minimum Gasteiger partial charge on any atom is -0.385 e. The van der Waals surface area contributed by atoms with Crippen LogP contribution >= 0.6 is 0 Å². The van der Waals surface area contributed by atoms with Gasteiger partial charge in [-0.15, -0.1) is 0 Å². The molecular weight excluding hydrogens is 269 g/mol. The van der Waals surface area contributed by atoms with Gasteiger partial charge in [0.25, 0.3) is 5.91 Å². The summed E-state index contributed by atoms with van der Waals surface area (Å²) < 4.78 is 39.1. The van der Waals surface area contributed by atoms with Crippen LogP contribution in [0.25, 0.3) is 0 Å². The second kappa shape index (κ2) is 5.73. The molecule has 0 aliphatic carbocycles. The van der Waals surface area contributed by atoms with Crippen LogP contribution in [-0.4, -0.2) is 30.4 Å². The van der Waals surface area contributed by atoms with Gasteiger partial charge in [-0.2, -0.15) is 13.2 Å². The molecule has 0 spiro atoms. The van der Waals surface area contributed by atoms with Gasteiger partial charge >= 0.3 is 6.18 Å². The fraction of sp³-hybridized carbons (Fsp3) is 0.500. The van der Waals surface area contributed by atoms with Crippen molar-refractivity contribution in [2.45, 2.75) is 25.9 Å². The number of benzene rings is 1. The highest BCUT2D eigenvalue weighted by Gasteiger charge is 2.34. The standard InChI is InChI=1S/C14H17F3N2O/c1-2-18-12-6-5-10(9-11(12)14(15,16)17)13(20)19-7-3-4-8-19/h5-6,9,18H,2-4,7-8H2,1H3. The van der Waals surface area contributed by atoms with Gasteiger partial charge in [-0.3, -0.25) is 4.79 Å². The Morgan fingerprint density at radius 2 is 1.95 bits per heavy atom. The summed E-state index contributed by atoms with van der Waals surface area (Å²) >= 11 is 0. The first-order chi connectivity index (χ1) is 9.43. The molecule has 1 aromatic rings. The number of alkyl halides is 3. The van der Waals surface area contributed by atoms with Crippen molar-refractivity contribution in [3.8, 4) is 0 Å². The summed E-state index contributed by atoms with van der Waals surface area (Å²) in [6.07, 6.45) is -2.65. The van der Waals surface area contributed by atoms with Crippen LogP contribution in [0.3, 0.4) is 0 Å². The molecule has 0 radical (unpaired) electrons. The predicted molar refractivity (Wildman–Crippen MR) is 70.7 cm³/mol. The van der Waals surface area contributed by atoms with Crippen LogP contribution in [0.2, 0.25) is 0 Å². The first kappa shape index (κ1) is 14.7. The minimum absolute atomic E-state index is 0.0120. The quantitative estimate of drug-likeness (QED) is 0.924. The van der Waals surface area contributed by atoms with Crippen LogP contribution in [0.4, 0.5) is 18.9 Å². The maximum Gasteiger partial charge on any atom is 0.418 e. The van der Waals surface area contributed by atoms with Crippen molar-refractivity contribution < 1.29 is 18.0 Å². The Morgan fingerprint density at radius 3 is 2.50 bits per heavy atom. The molecule has 1 aliphatic heterocycles. The number of carbonyl (C=O) groups is 1. The van der Waals surface area contributed by atoms with Crippen molar-refractivity contribution >= 4 is 11.6 Å². The molecule has 1 aliphatic rings. The van der Waals surface area contributed by atoms with Gasteiger partial charge in [0.15, 0.2) is 0 Å². The Bertz CT molecular complexity index is 494. The summed E-state index contributed by atoms with van der Waals surface area (Å²) in [6, 6.07) is 3.72. The average Bonchev–Trinajstić information content (AvgIpc) is 2.91. The number of nitrogens with zero attached hydrogens (tertiary/aromatic N) is 1. The van der Waals surface area contributed by atoms with Gasteiger partial charge in [-0.1, -0.05) is 0 Å². The van der Waals surface area contributed by atoms with Gasteiger partial charge < -0.3 is 10.2 Å². The highest BCUT2D eigenvalue weighted by Crippen LogP contribution is 2.35. The molecule has 0 aromatic heterocycles. The lowest BCUT2D eigenvalue weighted by atomic mass is 10.1. The zero-order valence-electron chi connectivity index (χ0n) is 11.3. The number of rotatable bonds is 3. The van der Waals surface area contributed by atoms with E-state index in [9.17, 15) is 18.0 Å². The van der Waals surface area contributed by atoms with Crippen LogP contribution in [-0.2, 0) is 6.18 Å². The maximum absolute atomic E-state index is 13.0. The molecule has 2 rings (SSSR count). The Hall–Kier alpha value is -1.72. The van der Waals surface area contributed by atoms with E-state index in [4.69, 9.17) is 0 Å². The number of halogens is 3. The SMILES string of the molecule is CCNc1ccc(C(=O)N2CCCC2)cc1C(F)(F)F. The molecule has 20 heavy (non-hydrogen) atoms. The molecule has 0 unspecified atom stereocenters. The van der Waals surface area contributed by atoms with E-state index < -0.39 is 11.7 Å². The molecule has 1 N–H and O–H groups in total. The number of likely N-dealkylation sites (tertiary alicyclic amines) is 1. The molecule has 1 fully saturated rings. The zero-order valence-corrected chi connectivity index (χ0v) is 11.3. The summed E-state index contributed by atoms with van der Waals surface area (Å²) in [6.45, 7) is 3.36. The molecule has 1 saturated heterocycles. The molecule has 110 valence electrons. The van der Waals surface area contributed by atoms with E-state index in [2.05, 4.69) is 5.32 Å². The highest BCUT2D eigenvalue weighted by atomic mass is 19.4. The second-order valence-corrected chi connectivity index (χ2v) is 4.79. The van der Waals surface area contributed by atoms with Crippen molar-refractivity contribution in [2.75, 3.05) is 25.0 Å². The fourth-order valence-electron chi connectivity index (χ4n) is 2.36. The van der Waals surface area contributed by atoms with Gasteiger partial charge in [-0.05, 0) is 38.0 Å². The average molecular weight is 286 g/mol. The topological polar surface area (TPSA) is 32.3 Å². The molecular formula is C14H17F3N2O. The first-order valence-corrected chi connectivity index (χ1v) is 6.68. The van der Waals surface area contributed by atoms with E-state index >= 15 is 0 Å². The number of hydrogen-bond donors (Lipinski definition) is 1. The molecule has 1 heterocycles. The highest BCUT2D eigenvalue weighted by molar-refractivity contribution is 5.95.